The van der Waals surface area contributed by atoms with E-state index in [4.69, 9.17) is 16.3 Å². The van der Waals surface area contributed by atoms with E-state index in [9.17, 15) is 4.39 Å². The molecule has 1 saturated carbocycles. The van der Waals surface area contributed by atoms with Gasteiger partial charge in [0.05, 0.1) is 11.1 Å². The van der Waals surface area contributed by atoms with Crippen LogP contribution in [0.5, 0.6) is 5.75 Å². The van der Waals surface area contributed by atoms with Crippen molar-refractivity contribution in [1.29, 1.82) is 0 Å². The Hall–Kier alpha value is -0.280. The molecule has 0 aromatic heterocycles. The summed E-state index contributed by atoms with van der Waals surface area (Å²) in [4.78, 5) is 0. The Kier molecular flexibility index (Phi) is 2.98. The molecule has 14 heavy (non-hydrogen) atoms. The van der Waals surface area contributed by atoms with Gasteiger partial charge in [-0.05, 0) is 46.8 Å². The van der Waals surface area contributed by atoms with Crippen molar-refractivity contribution in [3.05, 3.63) is 27.4 Å². The number of hydrogen-bond donors (Lipinski definition) is 0. The van der Waals surface area contributed by atoms with E-state index in [2.05, 4.69) is 15.9 Å². The molecule has 0 amide bonds. The van der Waals surface area contributed by atoms with Gasteiger partial charge in [-0.15, -0.1) is 0 Å². The predicted molar refractivity (Wildman–Crippen MR) is 57.3 cm³/mol. The first-order valence-electron chi connectivity index (χ1n) is 4.44. The summed E-state index contributed by atoms with van der Waals surface area (Å²) in [6, 6.07) is 2.89. The molecule has 0 spiro atoms. The van der Waals surface area contributed by atoms with Gasteiger partial charge in [-0.25, -0.2) is 4.39 Å². The maximum absolute atomic E-state index is 13.3. The fourth-order valence-electron chi connectivity index (χ4n) is 1.15. The normalized spacial score (nSPS) is 15.6. The summed E-state index contributed by atoms with van der Waals surface area (Å²) in [5.74, 6) is 0.461. The number of rotatable bonds is 3. The van der Waals surface area contributed by atoms with Crippen LogP contribution in [-0.4, -0.2) is 6.61 Å². The third kappa shape index (κ3) is 2.39. The summed E-state index contributed by atoms with van der Waals surface area (Å²) < 4.78 is 19.3. The SMILES string of the molecule is Fc1cc(Cl)cc(Br)c1OCC1CC1. The Balaban J connectivity index is 2.13. The van der Waals surface area contributed by atoms with E-state index in [0.717, 1.165) is 0 Å². The highest BCUT2D eigenvalue weighted by Crippen LogP contribution is 2.34. The highest BCUT2D eigenvalue weighted by atomic mass is 79.9. The van der Waals surface area contributed by atoms with E-state index in [-0.39, 0.29) is 5.75 Å². The van der Waals surface area contributed by atoms with Gasteiger partial charge in [-0.2, -0.15) is 0 Å². The van der Waals surface area contributed by atoms with Gasteiger partial charge in [-0.1, -0.05) is 11.6 Å². The van der Waals surface area contributed by atoms with Crippen molar-refractivity contribution in [1.82, 2.24) is 0 Å². The van der Waals surface area contributed by atoms with Crippen LogP contribution < -0.4 is 4.74 Å². The molecule has 1 aromatic carbocycles. The van der Waals surface area contributed by atoms with Crippen LogP contribution in [0.1, 0.15) is 12.8 Å². The number of benzene rings is 1. The summed E-state index contributed by atoms with van der Waals surface area (Å²) in [6.07, 6.45) is 2.37. The maximum Gasteiger partial charge on any atom is 0.169 e. The second-order valence-corrected chi connectivity index (χ2v) is 4.74. The van der Waals surface area contributed by atoms with Crippen molar-refractivity contribution in [2.75, 3.05) is 6.61 Å². The third-order valence-electron chi connectivity index (χ3n) is 2.12. The van der Waals surface area contributed by atoms with E-state index in [0.29, 0.717) is 22.0 Å². The molecule has 0 N–H and O–H groups in total. The van der Waals surface area contributed by atoms with Crippen LogP contribution in [0.15, 0.2) is 16.6 Å². The van der Waals surface area contributed by atoms with Crippen LogP contribution in [0, 0.1) is 11.7 Å². The zero-order chi connectivity index (χ0) is 10.1. The third-order valence-corrected chi connectivity index (χ3v) is 2.93. The lowest BCUT2D eigenvalue weighted by Crippen LogP contribution is -2.01. The molecule has 0 heterocycles. The van der Waals surface area contributed by atoms with Gasteiger partial charge in [0.2, 0.25) is 0 Å². The van der Waals surface area contributed by atoms with Crippen LogP contribution in [0.2, 0.25) is 5.02 Å². The van der Waals surface area contributed by atoms with Crippen molar-refractivity contribution < 1.29 is 9.13 Å². The molecule has 1 nitrogen and oxygen atoms in total. The Labute approximate surface area is 95.3 Å². The highest BCUT2D eigenvalue weighted by molar-refractivity contribution is 9.10. The second kappa shape index (κ2) is 4.07. The Morgan fingerprint density at radius 1 is 1.50 bits per heavy atom. The van der Waals surface area contributed by atoms with Gasteiger partial charge in [0.25, 0.3) is 0 Å². The topological polar surface area (TPSA) is 9.23 Å². The summed E-state index contributed by atoms with van der Waals surface area (Å²) in [7, 11) is 0. The minimum absolute atomic E-state index is 0.265. The quantitative estimate of drug-likeness (QED) is 0.812. The first-order valence-corrected chi connectivity index (χ1v) is 5.61. The first kappa shape index (κ1) is 10.2. The molecule has 0 bridgehead atoms. The average molecular weight is 280 g/mol. The molecule has 2 rings (SSSR count). The molecule has 0 unspecified atom stereocenters. The van der Waals surface area contributed by atoms with E-state index in [1.54, 1.807) is 6.07 Å². The minimum atomic E-state index is -0.412. The maximum atomic E-state index is 13.3. The summed E-state index contributed by atoms with van der Waals surface area (Å²) in [6.45, 7) is 0.594. The van der Waals surface area contributed by atoms with Crippen molar-refractivity contribution >= 4 is 27.5 Å². The largest absolute Gasteiger partial charge is 0.489 e. The van der Waals surface area contributed by atoms with Crippen LogP contribution in [0.3, 0.4) is 0 Å². The summed E-state index contributed by atoms with van der Waals surface area (Å²) >= 11 is 8.89. The summed E-state index contributed by atoms with van der Waals surface area (Å²) in [5, 5.41) is 0.369. The smallest absolute Gasteiger partial charge is 0.169 e. The average Bonchev–Trinajstić information content (AvgIpc) is 2.85. The van der Waals surface area contributed by atoms with Crippen molar-refractivity contribution in [3.63, 3.8) is 0 Å². The van der Waals surface area contributed by atoms with E-state index >= 15 is 0 Å². The van der Waals surface area contributed by atoms with Crippen LogP contribution >= 0.6 is 27.5 Å². The lowest BCUT2D eigenvalue weighted by Gasteiger charge is -2.08. The van der Waals surface area contributed by atoms with Crippen LogP contribution in [0.4, 0.5) is 4.39 Å². The van der Waals surface area contributed by atoms with Gasteiger partial charge in [0.15, 0.2) is 11.6 Å². The number of halogens is 3. The Morgan fingerprint density at radius 3 is 2.79 bits per heavy atom. The first-order chi connectivity index (χ1) is 6.66. The fraction of sp³-hybridized carbons (Fsp3) is 0.400. The zero-order valence-corrected chi connectivity index (χ0v) is 9.74. The van der Waals surface area contributed by atoms with Crippen molar-refractivity contribution in [2.45, 2.75) is 12.8 Å². The molecule has 0 radical (unpaired) electrons. The van der Waals surface area contributed by atoms with Crippen molar-refractivity contribution in [3.8, 4) is 5.75 Å². The minimum Gasteiger partial charge on any atom is -0.489 e. The van der Waals surface area contributed by atoms with Gasteiger partial charge >= 0.3 is 0 Å². The molecular weight excluding hydrogens is 270 g/mol. The van der Waals surface area contributed by atoms with E-state index in [1.165, 1.54) is 18.9 Å². The van der Waals surface area contributed by atoms with Crippen molar-refractivity contribution in [2.24, 2.45) is 5.92 Å². The van der Waals surface area contributed by atoms with Gasteiger partial charge < -0.3 is 4.74 Å². The number of hydrogen-bond acceptors (Lipinski definition) is 1. The monoisotopic (exact) mass is 278 g/mol. The zero-order valence-electron chi connectivity index (χ0n) is 7.40. The van der Waals surface area contributed by atoms with Gasteiger partial charge in [0, 0.05) is 5.02 Å². The molecular formula is C10H9BrClFO. The molecule has 1 aliphatic carbocycles. The molecule has 0 saturated heterocycles. The van der Waals surface area contributed by atoms with Crippen LogP contribution in [-0.2, 0) is 0 Å². The van der Waals surface area contributed by atoms with E-state index < -0.39 is 5.82 Å². The van der Waals surface area contributed by atoms with Gasteiger partial charge in [-0.3, -0.25) is 0 Å². The molecule has 0 aliphatic heterocycles. The lowest BCUT2D eigenvalue weighted by atomic mass is 10.3. The van der Waals surface area contributed by atoms with E-state index in [1.807, 2.05) is 0 Å². The predicted octanol–water partition coefficient (Wildman–Crippen LogP) is 4.03. The number of ether oxygens (including phenoxy) is 1. The molecule has 76 valence electrons. The fourth-order valence-corrected chi connectivity index (χ4v) is 2.04. The summed E-state index contributed by atoms with van der Waals surface area (Å²) in [5.41, 5.74) is 0. The molecule has 1 aromatic rings. The Bertz CT molecular complexity index is 329. The van der Waals surface area contributed by atoms with Crippen LogP contribution in [0.25, 0.3) is 0 Å². The highest BCUT2D eigenvalue weighted by Gasteiger charge is 2.23. The standard InChI is InChI=1S/C10H9BrClFO/c11-8-3-7(12)4-9(13)10(8)14-5-6-1-2-6/h3-4,6H,1-2,5H2. The lowest BCUT2D eigenvalue weighted by molar-refractivity contribution is 0.283. The molecule has 1 aliphatic rings. The van der Waals surface area contributed by atoms with Gasteiger partial charge in [0.1, 0.15) is 0 Å². The molecule has 0 atom stereocenters. The Morgan fingerprint density at radius 2 is 2.21 bits per heavy atom. The molecule has 1 fully saturated rings. The molecule has 4 heteroatoms. The second-order valence-electron chi connectivity index (χ2n) is 3.45.